The molecule has 0 aromatic heterocycles. The molecule has 0 aromatic rings. The van der Waals surface area contributed by atoms with Crippen LogP contribution in [0.3, 0.4) is 0 Å². The molecule has 130 valence electrons. The number of hydrogen-bond acceptors (Lipinski definition) is 3. The largest absolute Gasteiger partial charge is 0.316 e. The Bertz CT molecular complexity index is 413. The molecule has 4 fully saturated rings. The zero-order valence-electron chi connectivity index (χ0n) is 14.7. The van der Waals surface area contributed by atoms with E-state index >= 15 is 0 Å². The fraction of sp³-hybridized carbons (Fsp3) is 0.950. The average Bonchev–Trinajstić information content (AvgIpc) is 2.65. The van der Waals surface area contributed by atoms with E-state index in [1.54, 1.807) is 0 Å². The second kappa shape index (κ2) is 7.23. The predicted octanol–water partition coefficient (Wildman–Crippen LogP) is 3.59. The molecule has 3 N–H and O–H groups in total. The van der Waals surface area contributed by atoms with E-state index in [9.17, 15) is 0 Å². The summed E-state index contributed by atoms with van der Waals surface area (Å²) in [5, 5.41) is 16.4. The highest BCUT2D eigenvalue weighted by molar-refractivity contribution is 5.84. The Hall–Kier alpha value is -0.410. The standard InChI is InChI=1S/C20H35N3/c21-18-12-15-6-1-4-14-5-2-8-19(20(14)15)23-11-9-17(18)16-7-3-10-22-13-16/h14-17,19-23H,1-13H2. The minimum Gasteiger partial charge on any atom is -0.316 e. The van der Waals surface area contributed by atoms with Crippen molar-refractivity contribution in [1.82, 2.24) is 10.6 Å². The number of nitrogens with one attached hydrogen (secondary N) is 3. The topological polar surface area (TPSA) is 47.9 Å². The smallest absolute Gasteiger partial charge is 0.0127 e. The molecule has 0 spiro atoms. The summed E-state index contributed by atoms with van der Waals surface area (Å²) in [5.41, 5.74) is 1.11. The van der Waals surface area contributed by atoms with Crippen molar-refractivity contribution in [2.24, 2.45) is 29.6 Å². The highest BCUT2D eigenvalue weighted by Crippen LogP contribution is 2.46. The molecule has 23 heavy (non-hydrogen) atoms. The highest BCUT2D eigenvalue weighted by Gasteiger charge is 2.42. The molecule has 3 nitrogen and oxygen atoms in total. The number of rotatable bonds is 1. The van der Waals surface area contributed by atoms with Crippen LogP contribution in [0.4, 0.5) is 0 Å². The minimum absolute atomic E-state index is 0.538. The zero-order chi connectivity index (χ0) is 15.6. The lowest BCUT2D eigenvalue weighted by Gasteiger charge is -2.46. The van der Waals surface area contributed by atoms with E-state index in [2.05, 4.69) is 10.6 Å². The molecule has 2 aliphatic heterocycles. The molecule has 2 aliphatic carbocycles. The van der Waals surface area contributed by atoms with Crippen LogP contribution in [0.1, 0.15) is 64.2 Å². The lowest BCUT2D eigenvalue weighted by Crippen LogP contribution is -2.47. The monoisotopic (exact) mass is 317 g/mol. The van der Waals surface area contributed by atoms with E-state index in [0.29, 0.717) is 5.92 Å². The minimum atomic E-state index is 0.538. The Kier molecular flexibility index (Phi) is 5.05. The van der Waals surface area contributed by atoms with Crippen molar-refractivity contribution in [2.45, 2.75) is 70.3 Å². The molecule has 4 rings (SSSR count). The summed E-state index contributed by atoms with van der Waals surface area (Å²) in [5.74, 6) is 3.89. The van der Waals surface area contributed by atoms with E-state index in [1.807, 2.05) is 0 Å². The summed E-state index contributed by atoms with van der Waals surface area (Å²) < 4.78 is 0. The normalized spacial score (nSPS) is 45.5. The van der Waals surface area contributed by atoms with E-state index in [0.717, 1.165) is 54.9 Å². The third kappa shape index (κ3) is 3.37. The van der Waals surface area contributed by atoms with Crippen LogP contribution < -0.4 is 10.6 Å². The summed E-state index contributed by atoms with van der Waals surface area (Å²) >= 11 is 0. The maximum Gasteiger partial charge on any atom is 0.0127 e. The van der Waals surface area contributed by atoms with Gasteiger partial charge in [-0.25, -0.2) is 0 Å². The van der Waals surface area contributed by atoms with Crippen LogP contribution >= 0.6 is 0 Å². The molecule has 6 unspecified atom stereocenters. The van der Waals surface area contributed by atoms with Crippen LogP contribution in [0.25, 0.3) is 0 Å². The second-order valence-corrected chi connectivity index (χ2v) is 8.75. The SMILES string of the molecule is N=C1CC2CCCC3CCCC(NCCC1C1CCCNC1)C32. The van der Waals surface area contributed by atoms with Gasteiger partial charge in [0.15, 0.2) is 0 Å². The van der Waals surface area contributed by atoms with Gasteiger partial charge in [-0.2, -0.15) is 0 Å². The first-order valence-electron chi connectivity index (χ1n) is 10.3. The van der Waals surface area contributed by atoms with Gasteiger partial charge in [0.2, 0.25) is 0 Å². The molecule has 0 radical (unpaired) electrons. The Morgan fingerprint density at radius 2 is 1.57 bits per heavy atom. The predicted molar refractivity (Wildman–Crippen MR) is 96.0 cm³/mol. The van der Waals surface area contributed by atoms with Crippen molar-refractivity contribution in [2.75, 3.05) is 19.6 Å². The number of hydrogen-bond donors (Lipinski definition) is 3. The van der Waals surface area contributed by atoms with Crippen LogP contribution in [0.2, 0.25) is 0 Å². The Balaban J connectivity index is 1.52. The van der Waals surface area contributed by atoms with Crippen molar-refractivity contribution in [3.8, 4) is 0 Å². The average molecular weight is 318 g/mol. The fourth-order valence-corrected chi connectivity index (χ4v) is 6.45. The molecular formula is C20H35N3. The summed E-state index contributed by atoms with van der Waals surface area (Å²) in [6.45, 7) is 3.47. The van der Waals surface area contributed by atoms with Gasteiger partial charge in [-0.3, -0.25) is 0 Å². The van der Waals surface area contributed by atoms with Crippen molar-refractivity contribution in [3.05, 3.63) is 0 Å². The van der Waals surface area contributed by atoms with Crippen LogP contribution in [0.5, 0.6) is 0 Å². The van der Waals surface area contributed by atoms with Gasteiger partial charge >= 0.3 is 0 Å². The van der Waals surface area contributed by atoms with Crippen molar-refractivity contribution >= 4 is 5.71 Å². The van der Waals surface area contributed by atoms with Crippen LogP contribution in [0, 0.1) is 35.0 Å². The summed E-state index contributed by atoms with van der Waals surface area (Å²) in [6, 6.07) is 0.759. The first kappa shape index (κ1) is 16.1. The maximum absolute atomic E-state index is 8.89. The summed E-state index contributed by atoms with van der Waals surface area (Å²) in [6.07, 6.45) is 13.5. The fourth-order valence-electron chi connectivity index (χ4n) is 6.45. The zero-order valence-corrected chi connectivity index (χ0v) is 14.7. The van der Waals surface area contributed by atoms with Crippen LogP contribution in [0.15, 0.2) is 0 Å². The van der Waals surface area contributed by atoms with Crippen molar-refractivity contribution < 1.29 is 0 Å². The molecule has 6 atom stereocenters. The first-order valence-corrected chi connectivity index (χ1v) is 10.3. The van der Waals surface area contributed by atoms with Crippen molar-refractivity contribution in [1.29, 1.82) is 5.41 Å². The Morgan fingerprint density at radius 3 is 2.39 bits per heavy atom. The van der Waals surface area contributed by atoms with Gasteiger partial charge in [0, 0.05) is 17.7 Å². The van der Waals surface area contributed by atoms with Gasteiger partial charge in [-0.15, -0.1) is 0 Å². The van der Waals surface area contributed by atoms with Gasteiger partial charge in [-0.1, -0.05) is 25.7 Å². The molecule has 0 aromatic carbocycles. The van der Waals surface area contributed by atoms with Crippen LogP contribution in [-0.2, 0) is 0 Å². The van der Waals surface area contributed by atoms with Gasteiger partial charge in [-0.05, 0) is 81.8 Å². The highest BCUT2D eigenvalue weighted by atomic mass is 14.9. The van der Waals surface area contributed by atoms with E-state index in [1.165, 1.54) is 64.3 Å². The summed E-state index contributed by atoms with van der Waals surface area (Å²) in [7, 11) is 0. The lowest BCUT2D eigenvalue weighted by atomic mass is 9.62. The van der Waals surface area contributed by atoms with E-state index in [-0.39, 0.29) is 0 Å². The molecule has 2 saturated heterocycles. The maximum atomic E-state index is 8.89. The van der Waals surface area contributed by atoms with Crippen LogP contribution in [-0.4, -0.2) is 31.4 Å². The Labute approximate surface area is 141 Å². The number of piperidine rings is 1. The van der Waals surface area contributed by atoms with E-state index < -0.39 is 0 Å². The second-order valence-electron chi connectivity index (χ2n) is 8.75. The van der Waals surface area contributed by atoms with Gasteiger partial charge in [0.25, 0.3) is 0 Å². The van der Waals surface area contributed by atoms with Gasteiger partial charge < -0.3 is 16.0 Å². The van der Waals surface area contributed by atoms with Crippen molar-refractivity contribution in [3.63, 3.8) is 0 Å². The molecule has 2 saturated carbocycles. The molecule has 4 aliphatic rings. The molecule has 0 amide bonds. The molecule has 3 heteroatoms. The quantitative estimate of drug-likeness (QED) is 0.692. The Morgan fingerprint density at radius 1 is 0.783 bits per heavy atom. The third-order valence-corrected chi connectivity index (χ3v) is 7.49. The lowest BCUT2D eigenvalue weighted by molar-refractivity contribution is 0.0728. The third-order valence-electron chi connectivity index (χ3n) is 7.49. The molecule has 0 bridgehead atoms. The van der Waals surface area contributed by atoms with E-state index in [4.69, 9.17) is 5.41 Å². The molecular weight excluding hydrogens is 282 g/mol. The summed E-state index contributed by atoms with van der Waals surface area (Å²) in [4.78, 5) is 0. The first-order chi connectivity index (χ1) is 11.3. The van der Waals surface area contributed by atoms with Gasteiger partial charge in [0.05, 0.1) is 0 Å². The van der Waals surface area contributed by atoms with Gasteiger partial charge in [0.1, 0.15) is 0 Å². The molecule has 2 heterocycles.